The van der Waals surface area contributed by atoms with E-state index >= 15 is 0 Å². The number of hydrogen-bond donors (Lipinski definition) is 2. The molecular weight excluding hydrogens is 198 g/mol. The van der Waals surface area contributed by atoms with Gasteiger partial charge in [-0.1, -0.05) is 6.08 Å². The third kappa shape index (κ3) is 2.54. The van der Waals surface area contributed by atoms with Crippen LogP contribution in [-0.2, 0) is 0 Å². The third-order valence-electron chi connectivity index (χ3n) is 1.96. The van der Waals surface area contributed by atoms with Gasteiger partial charge in [0.25, 0.3) is 5.69 Å². The van der Waals surface area contributed by atoms with Crippen LogP contribution < -0.4 is 0 Å². The van der Waals surface area contributed by atoms with E-state index in [9.17, 15) is 20.3 Å². The Morgan fingerprint density at radius 1 is 1.60 bits per heavy atom. The SMILES string of the molecule is C=CCC(O)c1cc(O)ccc1[N+](=O)[O-]. The smallest absolute Gasteiger partial charge is 0.275 e. The molecule has 0 fully saturated rings. The standard InChI is InChI=1S/C10H11NO4/c1-2-3-10(13)8-6-7(12)4-5-9(8)11(14)15/h2,4-6,10,12-13H,1,3H2. The number of aliphatic hydroxyl groups excluding tert-OH is 1. The highest BCUT2D eigenvalue weighted by molar-refractivity contribution is 5.46. The quantitative estimate of drug-likeness (QED) is 0.450. The van der Waals surface area contributed by atoms with Crippen LogP contribution in [0.25, 0.3) is 0 Å². The van der Waals surface area contributed by atoms with Crippen LogP contribution in [0, 0.1) is 10.1 Å². The van der Waals surface area contributed by atoms with E-state index in [0.29, 0.717) is 0 Å². The molecular formula is C10H11NO4. The number of rotatable bonds is 4. The third-order valence-corrected chi connectivity index (χ3v) is 1.96. The van der Waals surface area contributed by atoms with E-state index in [-0.39, 0.29) is 23.4 Å². The van der Waals surface area contributed by atoms with Crippen molar-refractivity contribution in [1.29, 1.82) is 0 Å². The molecule has 0 aliphatic heterocycles. The zero-order chi connectivity index (χ0) is 11.4. The van der Waals surface area contributed by atoms with E-state index in [1.165, 1.54) is 18.2 Å². The number of phenols is 1. The number of aliphatic hydroxyl groups is 1. The van der Waals surface area contributed by atoms with Gasteiger partial charge in [-0.05, 0) is 18.6 Å². The number of aromatic hydroxyl groups is 1. The van der Waals surface area contributed by atoms with Gasteiger partial charge in [-0.25, -0.2) is 0 Å². The largest absolute Gasteiger partial charge is 0.508 e. The van der Waals surface area contributed by atoms with Gasteiger partial charge in [-0.15, -0.1) is 6.58 Å². The lowest BCUT2D eigenvalue weighted by atomic mass is 10.0. The summed E-state index contributed by atoms with van der Waals surface area (Å²) in [6.07, 6.45) is 0.637. The highest BCUT2D eigenvalue weighted by atomic mass is 16.6. The number of benzene rings is 1. The zero-order valence-electron chi connectivity index (χ0n) is 7.96. The Balaban J connectivity index is 3.17. The lowest BCUT2D eigenvalue weighted by Gasteiger charge is -2.08. The Morgan fingerprint density at radius 2 is 2.27 bits per heavy atom. The van der Waals surface area contributed by atoms with Crippen LogP contribution in [0.3, 0.4) is 0 Å². The fraction of sp³-hybridized carbons (Fsp3) is 0.200. The maximum absolute atomic E-state index is 10.6. The second kappa shape index (κ2) is 4.56. The minimum Gasteiger partial charge on any atom is -0.508 e. The first kappa shape index (κ1) is 11.2. The number of nitrogens with zero attached hydrogens (tertiary/aromatic N) is 1. The molecule has 5 heteroatoms. The van der Waals surface area contributed by atoms with E-state index in [2.05, 4.69) is 6.58 Å². The van der Waals surface area contributed by atoms with Crippen molar-refractivity contribution in [3.05, 3.63) is 46.5 Å². The molecule has 0 saturated heterocycles. The Labute approximate surface area is 86.4 Å². The monoisotopic (exact) mass is 209 g/mol. The van der Waals surface area contributed by atoms with E-state index in [4.69, 9.17) is 0 Å². The van der Waals surface area contributed by atoms with Crippen LogP contribution in [-0.4, -0.2) is 15.1 Å². The van der Waals surface area contributed by atoms with E-state index in [0.717, 1.165) is 6.07 Å². The fourth-order valence-electron chi connectivity index (χ4n) is 1.26. The van der Waals surface area contributed by atoms with Crippen LogP contribution >= 0.6 is 0 Å². The molecule has 1 atom stereocenters. The molecule has 5 nitrogen and oxygen atoms in total. The van der Waals surface area contributed by atoms with Gasteiger partial charge in [0, 0.05) is 6.07 Å². The highest BCUT2D eigenvalue weighted by Gasteiger charge is 2.19. The van der Waals surface area contributed by atoms with Crippen molar-refractivity contribution in [3.63, 3.8) is 0 Å². The van der Waals surface area contributed by atoms with Gasteiger partial charge in [-0.3, -0.25) is 10.1 Å². The van der Waals surface area contributed by atoms with E-state index in [1.807, 2.05) is 0 Å². The summed E-state index contributed by atoms with van der Waals surface area (Å²) in [4.78, 5) is 10.0. The van der Waals surface area contributed by atoms with Gasteiger partial charge in [0.1, 0.15) is 5.75 Å². The molecule has 0 aliphatic carbocycles. The van der Waals surface area contributed by atoms with Gasteiger partial charge in [-0.2, -0.15) is 0 Å². The topological polar surface area (TPSA) is 83.6 Å². The number of phenolic OH excluding ortho intramolecular Hbond substituents is 1. The van der Waals surface area contributed by atoms with Crippen molar-refractivity contribution in [3.8, 4) is 5.75 Å². The van der Waals surface area contributed by atoms with Crippen molar-refractivity contribution in [2.45, 2.75) is 12.5 Å². The first-order valence-corrected chi connectivity index (χ1v) is 4.32. The molecule has 2 N–H and O–H groups in total. The Bertz CT molecular complexity index is 389. The second-order valence-corrected chi connectivity index (χ2v) is 3.04. The molecule has 0 bridgehead atoms. The van der Waals surface area contributed by atoms with Crippen molar-refractivity contribution >= 4 is 5.69 Å². The lowest BCUT2D eigenvalue weighted by molar-refractivity contribution is -0.386. The average molecular weight is 209 g/mol. The molecule has 0 aliphatic rings. The van der Waals surface area contributed by atoms with E-state index < -0.39 is 11.0 Å². The summed E-state index contributed by atoms with van der Waals surface area (Å²) in [6, 6.07) is 3.56. The molecule has 1 aromatic rings. The summed E-state index contributed by atoms with van der Waals surface area (Å²) < 4.78 is 0. The van der Waals surface area contributed by atoms with Gasteiger partial charge >= 0.3 is 0 Å². The van der Waals surface area contributed by atoms with Gasteiger partial charge in [0.15, 0.2) is 0 Å². The van der Waals surface area contributed by atoms with Crippen LogP contribution in [0.4, 0.5) is 5.69 Å². The van der Waals surface area contributed by atoms with Crippen LogP contribution in [0.2, 0.25) is 0 Å². The molecule has 1 aromatic carbocycles. The molecule has 1 rings (SSSR count). The van der Waals surface area contributed by atoms with Crippen LogP contribution in [0.15, 0.2) is 30.9 Å². The zero-order valence-corrected chi connectivity index (χ0v) is 7.96. The van der Waals surface area contributed by atoms with Crippen molar-refractivity contribution in [2.75, 3.05) is 0 Å². The Kier molecular flexibility index (Phi) is 3.41. The minimum atomic E-state index is -1.02. The first-order chi connectivity index (χ1) is 7.06. The molecule has 0 amide bonds. The molecule has 1 unspecified atom stereocenters. The number of nitro benzene ring substituents is 1. The molecule has 0 aromatic heterocycles. The Hall–Kier alpha value is -1.88. The maximum Gasteiger partial charge on any atom is 0.275 e. The maximum atomic E-state index is 10.6. The lowest BCUT2D eigenvalue weighted by Crippen LogP contribution is -2.01. The molecule has 80 valence electrons. The minimum absolute atomic E-state index is 0.0971. The summed E-state index contributed by atoms with van der Waals surface area (Å²) in [5, 5.41) is 29.4. The molecule has 0 heterocycles. The summed E-state index contributed by atoms with van der Waals surface area (Å²) >= 11 is 0. The molecule has 0 spiro atoms. The summed E-state index contributed by atoms with van der Waals surface area (Å²) in [5.41, 5.74) is -0.109. The number of nitro groups is 1. The highest BCUT2D eigenvalue weighted by Crippen LogP contribution is 2.30. The van der Waals surface area contributed by atoms with Crippen LogP contribution in [0.1, 0.15) is 18.1 Å². The number of hydrogen-bond acceptors (Lipinski definition) is 4. The van der Waals surface area contributed by atoms with Gasteiger partial charge in [0.05, 0.1) is 16.6 Å². The Morgan fingerprint density at radius 3 is 2.80 bits per heavy atom. The van der Waals surface area contributed by atoms with Crippen molar-refractivity contribution < 1.29 is 15.1 Å². The van der Waals surface area contributed by atoms with Crippen LogP contribution in [0.5, 0.6) is 5.75 Å². The molecule has 0 radical (unpaired) electrons. The second-order valence-electron chi connectivity index (χ2n) is 3.04. The van der Waals surface area contributed by atoms with Gasteiger partial charge in [0.2, 0.25) is 0 Å². The summed E-state index contributed by atoms with van der Waals surface area (Å²) in [7, 11) is 0. The van der Waals surface area contributed by atoms with E-state index in [1.54, 1.807) is 0 Å². The summed E-state index contributed by atoms with van der Waals surface area (Å²) in [5.74, 6) is -0.112. The first-order valence-electron chi connectivity index (χ1n) is 4.32. The van der Waals surface area contributed by atoms with Gasteiger partial charge < -0.3 is 10.2 Å². The average Bonchev–Trinajstić information content (AvgIpc) is 2.17. The molecule has 15 heavy (non-hydrogen) atoms. The summed E-state index contributed by atoms with van der Waals surface area (Å²) in [6.45, 7) is 3.43. The predicted molar refractivity (Wildman–Crippen MR) is 54.5 cm³/mol. The normalized spacial score (nSPS) is 12.1. The van der Waals surface area contributed by atoms with Crippen molar-refractivity contribution in [2.24, 2.45) is 0 Å². The van der Waals surface area contributed by atoms with Crippen molar-refractivity contribution in [1.82, 2.24) is 0 Å². The molecule has 0 saturated carbocycles. The predicted octanol–water partition coefficient (Wildman–Crippen LogP) is 1.91. The fourth-order valence-corrected chi connectivity index (χ4v) is 1.26.